The minimum absolute atomic E-state index is 0.0421. The summed E-state index contributed by atoms with van der Waals surface area (Å²) in [5.41, 5.74) is 7.00. The summed E-state index contributed by atoms with van der Waals surface area (Å²) < 4.78 is 27.1. The lowest BCUT2D eigenvalue weighted by atomic mass is 10.2. The number of aliphatic hydroxyl groups is 1. The van der Waals surface area contributed by atoms with Crippen molar-refractivity contribution in [3.63, 3.8) is 0 Å². The van der Waals surface area contributed by atoms with Gasteiger partial charge in [-0.25, -0.2) is 8.42 Å². The number of H-pyrrole nitrogens is 1. The molecule has 1 aromatic heterocycles. The summed E-state index contributed by atoms with van der Waals surface area (Å²) in [6.45, 7) is 3.88. The third kappa shape index (κ3) is 3.04. The van der Waals surface area contributed by atoms with Crippen LogP contribution in [0.5, 0.6) is 0 Å². The van der Waals surface area contributed by atoms with Crippen LogP contribution in [0.1, 0.15) is 20.3 Å². The number of nitrogens with one attached hydrogen (secondary N) is 1. The van der Waals surface area contributed by atoms with Crippen molar-refractivity contribution in [2.24, 2.45) is 0 Å². The summed E-state index contributed by atoms with van der Waals surface area (Å²) in [5, 5.41) is 9.54. The molecule has 0 unspecified atom stereocenters. The van der Waals surface area contributed by atoms with E-state index in [-0.39, 0.29) is 24.1 Å². The van der Waals surface area contributed by atoms with Crippen LogP contribution in [0.3, 0.4) is 0 Å². The highest BCUT2D eigenvalue weighted by Crippen LogP contribution is 2.28. The first-order chi connectivity index (χ1) is 9.87. The van der Waals surface area contributed by atoms with Crippen molar-refractivity contribution >= 4 is 26.6 Å². The Balaban J connectivity index is 2.51. The number of aliphatic hydroxyl groups excluding tert-OH is 1. The summed E-state index contributed by atoms with van der Waals surface area (Å²) >= 11 is 0. The van der Waals surface area contributed by atoms with E-state index in [0.717, 1.165) is 5.52 Å². The lowest BCUT2D eigenvalue weighted by Gasteiger charge is -2.25. The zero-order valence-corrected chi connectivity index (χ0v) is 13.0. The molecule has 0 radical (unpaired) electrons. The van der Waals surface area contributed by atoms with Gasteiger partial charge in [-0.05, 0) is 38.5 Å². The molecule has 0 spiro atoms. The lowest BCUT2D eigenvalue weighted by Crippen LogP contribution is -2.37. The van der Waals surface area contributed by atoms with Crippen molar-refractivity contribution in [3.8, 4) is 0 Å². The molecular formula is C14H21N3O3S. The highest BCUT2D eigenvalue weighted by Gasteiger charge is 2.29. The van der Waals surface area contributed by atoms with Gasteiger partial charge in [-0.1, -0.05) is 0 Å². The number of anilines is 1. The largest absolute Gasteiger partial charge is 0.399 e. The summed E-state index contributed by atoms with van der Waals surface area (Å²) in [6.07, 6.45) is 1.90. The fraction of sp³-hybridized carbons (Fsp3) is 0.429. The number of benzene rings is 1. The number of aromatic nitrogens is 1. The smallest absolute Gasteiger partial charge is 0.245 e. The van der Waals surface area contributed by atoms with Crippen LogP contribution in [0.15, 0.2) is 29.3 Å². The fourth-order valence-electron chi connectivity index (χ4n) is 2.33. The van der Waals surface area contributed by atoms with Crippen molar-refractivity contribution in [3.05, 3.63) is 24.4 Å². The second-order valence-electron chi connectivity index (χ2n) is 5.24. The molecule has 0 atom stereocenters. The van der Waals surface area contributed by atoms with Crippen LogP contribution in [0.25, 0.3) is 10.9 Å². The van der Waals surface area contributed by atoms with Crippen LogP contribution in [0.2, 0.25) is 0 Å². The Bertz CT molecular complexity index is 722. The van der Waals surface area contributed by atoms with E-state index in [2.05, 4.69) is 4.98 Å². The average Bonchev–Trinajstić information content (AvgIpc) is 2.82. The molecule has 1 aromatic carbocycles. The molecule has 0 aliphatic carbocycles. The van der Waals surface area contributed by atoms with E-state index in [1.54, 1.807) is 18.2 Å². The molecular weight excluding hydrogens is 290 g/mol. The molecule has 6 nitrogen and oxygen atoms in total. The van der Waals surface area contributed by atoms with Crippen LogP contribution in [0, 0.1) is 0 Å². The van der Waals surface area contributed by atoms with Crippen LogP contribution in [-0.2, 0) is 10.0 Å². The molecule has 2 aromatic rings. The summed E-state index contributed by atoms with van der Waals surface area (Å²) in [5.74, 6) is 0. The number of fused-ring (bicyclic) bond motifs is 1. The molecule has 0 saturated carbocycles. The molecule has 0 amide bonds. The first kappa shape index (κ1) is 15.8. The van der Waals surface area contributed by atoms with Gasteiger partial charge in [0.25, 0.3) is 0 Å². The predicted molar refractivity (Wildman–Crippen MR) is 83.4 cm³/mol. The number of aromatic amines is 1. The zero-order chi connectivity index (χ0) is 15.6. The Hall–Kier alpha value is -1.57. The van der Waals surface area contributed by atoms with Gasteiger partial charge in [0.1, 0.15) is 4.90 Å². The van der Waals surface area contributed by atoms with Crippen molar-refractivity contribution in [2.45, 2.75) is 31.2 Å². The van der Waals surface area contributed by atoms with E-state index in [4.69, 9.17) is 10.8 Å². The molecule has 4 N–H and O–H groups in total. The highest BCUT2D eigenvalue weighted by atomic mass is 32.2. The SMILES string of the molecule is CC(C)N(CCCO)S(=O)(=O)c1c[nH]c2ccc(N)cc12. The third-order valence-corrected chi connectivity index (χ3v) is 5.48. The van der Waals surface area contributed by atoms with Gasteiger partial charge < -0.3 is 15.8 Å². The number of nitrogen functional groups attached to an aromatic ring is 1. The minimum atomic E-state index is -3.64. The second-order valence-corrected chi connectivity index (χ2v) is 7.10. The number of nitrogens with zero attached hydrogens (tertiary/aromatic N) is 1. The molecule has 2 rings (SSSR count). The minimum Gasteiger partial charge on any atom is -0.399 e. The van der Waals surface area contributed by atoms with Crippen LogP contribution >= 0.6 is 0 Å². The van der Waals surface area contributed by atoms with Crippen molar-refractivity contribution < 1.29 is 13.5 Å². The first-order valence-corrected chi connectivity index (χ1v) is 8.31. The van der Waals surface area contributed by atoms with E-state index in [0.29, 0.717) is 17.5 Å². The predicted octanol–water partition coefficient (Wildman–Crippen LogP) is 1.53. The summed E-state index contributed by atoms with van der Waals surface area (Å²) in [6, 6.07) is 4.95. The van der Waals surface area contributed by atoms with Crippen molar-refractivity contribution in [2.75, 3.05) is 18.9 Å². The summed E-state index contributed by atoms with van der Waals surface area (Å²) in [7, 11) is -3.64. The number of nitrogens with two attached hydrogens (primary N) is 1. The average molecular weight is 311 g/mol. The maximum Gasteiger partial charge on any atom is 0.245 e. The quantitative estimate of drug-likeness (QED) is 0.704. The van der Waals surface area contributed by atoms with Gasteiger partial charge in [0.2, 0.25) is 10.0 Å². The van der Waals surface area contributed by atoms with Gasteiger partial charge in [0.05, 0.1) is 0 Å². The maximum absolute atomic E-state index is 12.8. The Morgan fingerprint density at radius 2 is 2.10 bits per heavy atom. The Labute approximate surface area is 124 Å². The van der Waals surface area contributed by atoms with Crippen molar-refractivity contribution in [1.29, 1.82) is 0 Å². The van der Waals surface area contributed by atoms with E-state index in [9.17, 15) is 8.42 Å². The van der Waals surface area contributed by atoms with Gasteiger partial charge in [-0.2, -0.15) is 4.31 Å². The zero-order valence-electron chi connectivity index (χ0n) is 12.2. The first-order valence-electron chi connectivity index (χ1n) is 6.87. The molecule has 0 bridgehead atoms. The number of hydrogen-bond donors (Lipinski definition) is 3. The molecule has 1 heterocycles. The number of rotatable bonds is 6. The fourth-order valence-corrected chi connectivity index (χ4v) is 4.17. The van der Waals surface area contributed by atoms with Gasteiger partial charge in [-0.15, -0.1) is 0 Å². The maximum atomic E-state index is 12.8. The van der Waals surface area contributed by atoms with Gasteiger partial charge in [-0.3, -0.25) is 0 Å². The van der Waals surface area contributed by atoms with Gasteiger partial charge in [0.15, 0.2) is 0 Å². The van der Waals surface area contributed by atoms with E-state index in [1.165, 1.54) is 10.5 Å². The Morgan fingerprint density at radius 3 is 2.71 bits per heavy atom. The number of hydrogen-bond acceptors (Lipinski definition) is 4. The molecule has 0 saturated heterocycles. The molecule has 0 fully saturated rings. The topological polar surface area (TPSA) is 99.4 Å². The number of sulfonamides is 1. The Morgan fingerprint density at radius 1 is 1.38 bits per heavy atom. The molecule has 21 heavy (non-hydrogen) atoms. The third-order valence-electron chi connectivity index (χ3n) is 3.37. The Kier molecular flexibility index (Phi) is 4.55. The van der Waals surface area contributed by atoms with E-state index >= 15 is 0 Å². The van der Waals surface area contributed by atoms with Gasteiger partial charge >= 0.3 is 0 Å². The summed E-state index contributed by atoms with van der Waals surface area (Å²) in [4.78, 5) is 3.18. The monoisotopic (exact) mass is 311 g/mol. The lowest BCUT2D eigenvalue weighted by molar-refractivity contribution is 0.258. The van der Waals surface area contributed by atoms with Crippen LogP contribution in [-0.4, -0.2) is 42.0 Å². The van der Waals surface area contributed by atoms with E-state index < -0.39 is 10.0 Å². The van der Waals surface area contributed by atoms with Crippen molar-refractivity contribution in [1.82, 2.24) is 9.29 Å². The van der Waals surface area contributed by atoms with Gasteiger partial charge in [0, 0.05) is 42.0 Å². The molecule has 116 valence electrons. The highest BCUT2D eigenvalue weighted by molar-refractivity contribution is 7.89. The van der Waals surface area contributed by atoms with E-state index in [1.807, 2.05) is 13.8 Å². The molecule has 0 aliphatic rings. The second kappa shape index (κ2) is 6.05. The van der Waals surface area contributed by atoms with Crippen LogP contribution < -0.4 is 5.73 Å². The standard InChI is InChI=1S/C14H21N3O3S/c1-10(2)17(6-3-7-18)21(19,20)14-9-16-13-5-4-11(15)8-12(13)14/h4-5,8-10,16,18H,3,6-7,15H2,1-2H3. The van der Waals surface area contributed by atoms with Crippen LogP contribution in [0.4, 0.5) is 5.69 Å². The molecule has 0 aliphatic heterocycles. The molecule has 7 heteroatoms. The normalized spacial score (nSPS) is 12.6.